The van der Waals surface area contributed by atoms with Crippen LogP contribution in [0.3, 0.4) is 0 Å². The van der Waals surface area contributed by atoms with E-state index in [1.165, 1.54) is 25.5 Å². The summed E-state index contributed by atoms with van der Waals surface area (Å²) in [5.74, 6) is -0.263. The Morgan fingerprint density at radius 2 is 2.07 bits per heavy atom. The zero-order chi connectivity index (χ0) is 20.5. The van der Waals surface area contributed by atoms with E-state index in [1.54, 1.807) is 18.3 Å². The Morgan fingerprint density at radius 1 is 1.24 bits per heavy atom. The molecule has 160 valence electrons. The molecule has 3 N–H and O–H groups in total. The van der Waals surface area contributed by atoms with Crippen molar-refractivity contribution in [1.29, 1.82) is 0 Å². The minimum Gasteiger partial charge on any atom is -0.394 e. The second kappa shape index (κ2) is 11.2. The molecule has 0 bridgehead atoms. The number of rotatable bonds is 8. The smallest absolute Gasteiger partial charge is 0.253 e. The van der Waals surface area contributed by atoms with Crippen LogP contribution in [0.2, 0.25) is 0 Å². The third kappa shape index (κ3) is 6.76. The predicted octanol–water partition coefficient (Wildman–Crippen LogP) is 0.712. The monoisotopic (exact) mass is 404 g/mol. The predicted molar refractivity (Wildman–Crippen MR) is 108 cm³/mol. The molecule has 8 nitrogen and oxygen atoms in total. The molecule has 3 rings (SSSR count). The van der Waals surface area contributed by atoms with Crippen molar-refractivity contribution in [2.45, 2.75) is 56.8 Å². The van der Waals surface area contributed by atoms with Crippen molar-refractivity contribution in [3.63, 3.8) is 0 Å². The summed E-state index contributed by atoms with van der Waals surface area (Å²) in [6.45, 7) is 3.57. The van der Waals surface area contributed by atoms with Gasteiger partial charge in [0.25, 0.3) is 5.91 Å². The van der Waals surface area contributed by atoms with Gasteiger partial charge in [-0.3, -0.25) is 14.6 Å². The Morgan fingerprint density at radius 3 is 2.79 bits per heavy atom. The first kappa shape index (κ1) is 21.7. The number of nitrogens with one attached hydrogen (secondary N) is 2. The van der Waals surface area contributed by atoms with E-state index in [0.717, 1.165) is 19.6 Å². The molecule has 0 radical (unpaired) electrons. The highest BCUT2D eigenvalue weighted by Gasteiger charge is 2.33. The molecule has 8 heteroatoms. The molecule has 2 amide bonds. The van der Waals surface area contributed by atoms with Crippen LogP contribution in [0.1, 0.15) is 48.9 Å². The number of aromatic nitrogens is 1. The van der Waals surface area contributed by atoms with E-state index in [1.807, 2.05) is 0 Å². The molecular formula is C21H32N4O4. The summed E-state index contributed by atoms with van der Waals surface area (Å²) >= 11 is 0. The van der Waals surface area contributed by atoms with Crippen LogP contribution < -0.4 is 10.6 Å². The van der Waals surface area contributed by atoms with Gasteiger partial charge in [0, 0.05) is 25.5 Å². The summed E-state index contributed by atoms with van der Waals surface area (Å²) in [7, 11) is 0. The van der Waals surface area contributed by atoms with E-state index < -0.39 is 6.10 Å². The SMILES string of the molecule is O=C(C[C@H]1CC[C@@H](NC(=O)c2cccnc2)[C@@H](CO)O1)NCCN1CCCCC1. The molecule has 1 aromatic heterocycles. The summed E-state index contributed by atoms with van der Waals surface area (Å²) in [5.41, 5.74) is 0.472. The number of ether oxygens (including phenoxy) is 1. The highest BCUT2D eigenvalue weighted by atomic mass is 16.5. The fourth-order valence-corrected chi connectivity index (χ4v) is 4.01. The van der Waals surface area contributed by atoms with Crippen molar-refractivity contribution in [2.24, 2.45) is 0 Å². The van der Waals surface area contributed by atoms with Gasteiger partial charge in [0.1, 0.15) is 6.10 Å². The number of aliphatic hydroxyl groups excluding tert-OH is 1. The molecule has 0 saturated carbocycles. The quantitative estimate of drug-likeness (QED) is 0.590. The van der Waals surface area contributed by atoms with Crippen molar-refractivity contribution in [1.82, 2.24) is 20.5 Å². The lowest BCUT2D eigenvalue weighted by Gasteiger charge is -2.36. The average Bonchev–Trinajstić information content (AvgIpc) is 2.76. The molecule has 0 unspecified atom stereocenters. The lowest BCUT2D eigenvalue weighted by molar-refractivity contribution is -0.130. The Bertz CT molecular complexity index is 651. The van der Waals surface area contributed by atoms with Crippen LogP contribution in [0.25, 0.3) is 0 Å². The first-order valence-corrected chi connectivity index (χ1v) is 10.6. The average molecular weight is 405 g/mol. The van der Waals surface area contributed by atoms with E-state index >= 15 is 0 Å². The Kier molecular flexibility index (Phi) is 8.39. The largest absolute Gasteiger partial charge is 0.394 e. The van der Waals surface area contributed by atoms with Crippen LogP contribution in [0, 0.1) is 0 Å². The fraction of sp³-hybridized carbons (Fsp3) is 0.667. The Hall–Kier alpha value is -2.03. The van der Waals surface area contributed by atoms with E-state index in [2.05, 4.69) is 20.5 Å². The lowest BCUT2D eigenvalue weighted by Crippen LogP contribution is -2.51. The zero-order valence-electron chi connectivity index (χ0n) is 16.9. The minimum absolute atomic E-state index is 0.0263. The third-order valence-electron chi connectivity index (χ3n) is 5.65. The Labute approximate surface area is 172 Å². The standard InChI is InChI=1S/C21H32N4O4/c26-15-19-18(24-21(28)16-5-4-8-22-14-16)7-6-17(29-19)13-20(27)23-9-12-25-10-2-1-3-11-25/h4-5,8,14,17-19,26H,1-3,6-7,9-13,15H2,(H,23,27)(H,24,28)/t17-,18-,19-/m1/s1. The van der Waals surface area contributed by atoms with Crippen molar-refractivity contribution in [3.8, 4) is 0 Å². The van der Waals surface area contributed by atoms with Gasteiger partial charge in [-0.05, 0) is 50.9 Å². The van der Waals surface area contributed by atoms with Crippen molar-refractivity contribution in [3.05, 3.63) is 30.1 Å². The zero-order valence-corrected chi connectivity index (χ0v) is 16.9. The van der Waals surface area contributed by atoms with Gasteiger partial charge in [-0.2, -0.15) is 0 Å². The molecule has 1 aromatic rings. The van der Waals surface area contributed by atoms with Crippen molar-refractivity contribution in [2.75, 3.05) is 32.8 Å². The number of hydrogen-bond donors (Lipinski definition) is 3. The first-order chi connectivity index (χ1) is 14.2. The van der Waals surface area contributed by atoms with E-state index in [-0.39, 0.29) is 37.0 Å². The highest BCUT2D eigenvalue weighted by molar-refractivity contribution is 5.94. The topological polar surface area (TPSA) is 104 Å². The van der Waals surface area contributed by atoms with Gasteiger partial charge in [-0.15, -0.1) is 0 Å². The van der Waals surface area contributed by atoms with Crippen LogP contribution >= 0.6 is 0 Å². The molecule has 2 fully saturated rings. The number of nitrogens with zero attached hydrogens (tertiary/aromatic N) is 2. The second-order valence-electron chi connectivity index (χ2n) is 7.83. The molecule has 2 aliphatic rings. The van der Waals surface area contributed by atoms with Gasteiger partial charge < -0.3 is 25.4 Å². The lowest BCUT2D eigenvalue weighted by atomic mass is 9.96. The van der Waals surface area contributed by atoms with E-state index in [4.69, 9.17) is 4.74 Å². The maximum absolute atomic E-state index is 12.3. The van der Waals surface area contributed by atoms with Crippen molar-refractivity contribution < 1.29 is 19.4 Å². The molecule has 3 heterocycles. The summed E-state index contributed by atoms with van der Waals surface area (Å²) in [6.07, 6.45) is 7.73. The van der Waals surface area contributed by atoms with E-state index in [9.17, 15) is 14.7 Å². The molecule has 2 saturated heterocycles. The fourth-order valence-electron chi connectivity index (χ4n) is 4.01. The maximum Gasteiger partial charge on any atom is 0.253 e. The summed E-state index contributed by atoms with van der Waals surface area (Å²) < 4.78 is 5.90. The molecule has 3 atom stereocenters. The van der Waals surface area contributed by atoms with Crippen LogP contribution in [0.4, 0.5) is 0 Å². The third-order valence-corrected chi connectivity index (χ3v) is 5.65. The van der Waals surface area contributed by atoms with Crippen LogP contribution in [0.5, 0.6) is 0 Å². The number of amides is 2. The summed E-state index contributed by atoms with van der Waals surface area (Å²) in [6, 6.07) is 3.11. The first-order valence-electron chi connectivity index (χ1n) is 10.6. The van der Waals surface area contributed by atoms with E-state index in [0.29, 0.717) is 24.9 Å². The van der Waals surface area contributed by atoms with Gasteiger partial charge in [-0.1, -0.05) is 6.42 Å². The maximum atomic E-state index is 12.3. The van der Waals surface area contributed by atoms with Gasteiger partial charge in [0.2, 0.25) is 5.91 Å². The van der Waals surface area contributed by atoms with Crippen LogP contribution in [-0.2, 0) is 9.53 Å². The molecular weight excluding hydrogens is 372 g/mol. The second-order valence-corrected chi connectivity index (χ2v) is 7.83. The number of carbonyl (C=O) groups excluding carboxylic acids is 2. The van der Waals surface area contributed by atoms with Gasteiger partial charge in [0.15, 0.2) is 0 Å². The molecule has 29 heavy (non-hydrogen) atoms. The number of likely N-dealkylation sites (tertiary alicyclic amines) is 1. The molecule has 2 aliphatic heterocycles. The van der Waals surface area contributed by atoms with Gasteiger partial charge in [0.05, 0.1) is 30.7 Å². The van der Waals surface area contributed by atoms with Gasteiger partial charge >= 0.3 is 0 Å². The number of piperidine rings is 1. The number of pyridine rings is 1. The van der Waals surface area contributed by atoms with Gasteiger partial charge in [-0.25, -0.2) is 0 Å². The number of carbonyl (C=O) groups is 2. The molecule has 0 aromatic carbocycles. The number of aliphatic hydroxyl groups is 1. The van der Waals surface area contributed by atoms with Crippen LogP contribution in [-0.4, -0.2) is 77.8 Å². The minimum atomic E-state index is -0.518. The number of hydrogen-bond acceptors (Lipinski definition) is 6. The molecule has 0 aliphatic carbocycles. The molecule has 0 spiro atoms. The van der Waals surface area contributed by atoms with Crippen molar-refractivity contribution >= 4 is 11.8 Å². The summed E-state index contributed by atoms with van der Waals surface area (Å²) in [5, 5.41) is 15.6. The highest BCUT2D eigenvalue weighted by Crippen LogP contribution is 2.22. The Balaban J connectivity index is 1.39. The summed E-state index contributed by atoms with van der Waals surface area (Å²) in [4.78, 5) is 30.9. The van der Waals surface area contributed by atoms with Crippen LogP contribution in [0.15, 0.2) is 24.5 Å². The normalized spacial score (nSPS) is 25.3.